The first kappa shape index (κ1) is 13.1. The van der Waals surface area contributed by atoms with E-state index < -0.39 is 0 Å². The van der Waals surface area contributed by atoms with Crippen molar-refractivity contribution in [2.75, 3.05) is 0 Å². The van der Waals surface area contributed by atoms with Gasteiger partial charge >= 0.3 is 0 Å². The summed E-state index contributed by atoms with van der Waals surface area (Å²) in [5.74, 6) is 0. The second-order valence-electron chi connectivity index (χ2n) is 4.54. The van der Waals surface area contributed by atoms with Gasteiger partial charge < -0.3 is 4.98 Å². The largest absolute Gasteiger partial charge is 0.330 e. The monoisotopic (exact) mass is 343 g/mol. The number of aromatic nitrogens is 2. The van der Waals surface area contributed by atoms with Crippen molar-refractivity contribution < 1.29 is 0 Å². The van der Waals surface area contributed by atoms with Gasteiger partial charge in [0.05, 0.1) is 22.7 Å². The lowest BCUT2D eigenvalue weighted by Crippen LogP contribution is -1.94. The molecule has 0 fully saturated rings. The maximum absolute atomic E-state index is 9.04. The van der Waals surface area contributed by atoms with Crippen LogP contribution >= 0.6 is 28.1 Å². The molecule has 0 atom stereocenters. The van der Waals surface area contributed by atoms with Gasteiger partial charge in [-0.2, -0.15) is 5.26 Å². The highest BCUT2D eigenvalue weighted by atomic mass is 79.9. The molecule has 0 aliphatic carbocycles. The van der Waals surface area contributed by atoms with Crippen LogP contribution in [0.4, 0.5) is 0 Å². The molecule has 0 saturated heterocycles. The van der Waals surface area contributed by atoms with Gasteiger partial charge in [0.15, 0.2) is 4.77 Å². The van der Waals surface area contributed by atoms with E-state index in [0.29, 0.717) is 10.3 Å². The summed E-state index contributed by atoms with van der Waals surface area (Å²) < 4.78 is 3.59. The number of aryl methyl sites for hydroxylation is 1. The molecular formula is C15H10BrN3S. The first-order chi connectivity index (χ1) is 9.60. The topological polar surface area (TPSA) is 44.5 Å². The van der Waals surface area contributed by atoms with Crippen LogP contribution in [-0.2, 0) is 0 Å². The molecule has 3 aromatic rings. The van der Waals surface area contributed by atoms with E-state index in [9.17, 15) is 0 Å². The van der Waals surface area contributed by atoms with Crippen LogP contribution in [0.25, 0.3) is 16.7 Å². The van der Waals surface area contributed by atoms with E-state index in [2.05, 4.69) is 27.0 Å². The minimum Gasteiger partial charge on any atom is -0.330 e. The van der Waals surface area contributed by atoms with Gasteiger partial charge in [0.2, 0.25) is 0 Å². The second kappa shape index (κ2) is 4.89. The van der Waals surface area contributed by atoms with Crippen molar-refractivity contribution in [2.45, 2.75) is 6.92 Å². The number of benzene rings is 2. The molecule has 2 aromatic carbocycles. The van der Waals surface area contributed by atoms with E-state index >= 15 is 0 Å². The number of rotatable bonds is 1. The second-order valence-corrected chi connectivity index (χ2v) is 5.78. The van der Waals surface area contributed by atoms with Crippen molar-refractivity contribution in [1.29, 1.82) is 5.26 Å². The van der Waals surface area contributed by atoms with Crippen LogP contribution in [0, 0.1) is 23.0 Å². The van der Waals surface area contributed by atoms with E-state index in [4.69, 9.17) is 17.5 Å². The predicted octanol–water partition coefficient (Wildman–Crippen LogP) is 4.63. The molecule has 0 amide bonds. The first-order valence-electron chi connectivity index (χ1n) is 6.01. The summed E-state index contributed by atoms with van der Waals surface area (Å²) in [4.78, 5) is 3.16. The number of halogens is 1. The van der Waals surface area contributed by atoms with Crippen LogP contribution in [0.2, 0.25) is 0 Å². The number of fused-ring (bicyclic) bond motifs is 1. The third-order valence-corrected chi connectivity index (χ3v) is 4.37. The van der Waals surface area contributed by atoms with Crippen molar-refractivity contribution in [2.24, 2.45) is 0 Å². The zero-order valence-corrected chi connectivity index (χ0v) is 13.0. The molecule has 1 N–H and O–H groups in total. The molecule has 0 aliphatic rings. The summed E-state index contributed by atoms with van der Waals surface area (Å²) in [6.07, 6.45) is 0. The third-order valence-electron chi connectivity index (χ3n) is 3.23. The van der Waals surface area contributed by atoms with E-state index in [1.807, 2.05) is 41.8 Å². The summed E-state index contributed by atoms with van der Waals surface area (Å²) in [6.45, 7) is 2.04. The molecule has 3 nitrogen and oxygen atoms in total. The predicted molar refractivity (Wildman–Crippen MR) is 85.6 cm³/mol. The Morgan fingerprint density at radius 1 is 1.25 bits per heavy atom. The molecular weight excluding hydrogens is 334 g/mol. The molecule has 3 rings (SSSR count). The third kappa shape index (κ3) is 2.07. The number of H-pyrrole nitrogens is 1. The molecule has 98 valence electrons. The Morgan fingerprint density at radius 2 is 2.05 bits per heavy atom. The van der Waals surface area contributed by atoms with Gasteiger partial charge in [-0.05, 0) is 55.0 Å². The van der Waals surface area contributed by atoms with E-state index in [-0.39, 0.29) is 0 Å². The van der Waals surface area contributed by atoms with E-state index in [1.54, 1.807) is 6.07 Å². The highest BCUT2D eigenvalue weighted by molar-refractivity contribution is 9.10. The standard InChI is InChI=1S/C15H10BrN3S/c1-9-2-4-11(7-12(9)16)19-14-6-10(8-17)3-5-13(14)18-15(19)20/h2-7H,1H3,(H,18,20). The SMILES string of the molecule is Cc1ccc(-n2c(=S)[nH]c3ccc(C#N)cc32)cc1Br. The minimum absolute atomic E-state index is 0.617. The van der Waals surface area contributed by atoms with Crippen LogP contribution in [0.1, 0.15) is 11.1 Å². The fourth-order valence-corrected chi connectivity index (χ4v) is 2.83. The van der Waals surface area contributed by atoms with Crippen molar-refractivity contribution in [3.8, 4) is 11.8 Å². The number of hydrogen-bond donors (Lipinski definition) is 1. The number of imidazole rings is 1. The Bertz CT molecular complexity index is 915. The van der Waals surface area contributed by atoms with Crippen LogP contribution in [0.5, 0.6) is 0 Å². The van der Waals surface area contributed by atoms with E-state index in [1.165, 1.54) is 0 Å². The number of hydrogen-bond acceptors (Lipinski definition) is 2. The quantitative estimate of drug-likeness (QED) is 0.654. The van der Waals surface area contributed by atoms with Crippen LogP contribution in [0.3, 0.4) is 0 Å². The van der Waals surface area contributed by atoms with Crippen LogP contribution in [0.15, 0.2) is 40.9 Å². The number of nitriles is 1. The van der Waals surface area contributed by atoms with Crippen molar-refractivity contribution in [3.05, 3.63) is 56.8 Å². The summed E-state index contributed by atoms with van der Waals surface area (Å²) in [7, 11) is 0. The zero-order valence-electron chi connectivity index (χ0n) is 10.6. The lowest BCUT2D eigenvalue weighted by Gasteiger charge is -2.07. The van der Waals surface area contributed by atoms with Crippen molar-refractivity contribution in [1.82, 2.24) is 9.55 Å². The Labute approximate surface area is 129 Å². The van der Waals surface area contributed by atoms with Crippen LogP contribution in [-0.4, -0.2) is 9.55 Å². The van der Waals surface area contributed by atoms with Gasteiger partial charge in [-0.25, -0.2) is 0 Å². The highest BCUT2D eigenvalue weighted by Crippen LogP contribution is 2.24. The normalized spacial score (nSPS) is 10.7. The van der Waals surface area contributed by atoms with Gasteiger partial charge in [-0.1, -0.05) is 22.0 Å². The highest BCUT2D eigenvalue weighted by Gasteiger charge is 2.08. The molecule has 0 bridgehead atoms. The lowest BCUT2D eigenvalue weighted by atomic mass is 10.2. The fraction of sp³-hybridized carbons (Fsp3) is 0.0667. The summed E-state index contributed by atoms with van der Waals surface area (Å²) >= 11 is 8.94. The smallest absolute Gasteiger partial charge is 0.182 e. The van der Waals surface area contributed by atoms with Gasteiger partial charge in [0, 0.05) is 10.2 Å². The number of aromatic amines is 1. The molecule has 5 heteroatoms. The van der Waals surface area contributed by atoms with Crippen molar-refractivity contribution >= 4 is 39.2 Å². The molecule has 0 spiro atoms. The Hall–Kier alpha value is -1.90. The molecule has 20 heavy (non-hydrogen) atoms. The first-order valence-corrected chi connectivity index (χ1v) is 7.21. The molecule has 0 saturated carbocycles. The lowest BCUT2D eigenvalue weighted by molar-refractivity contribution is 1.06. The molecule has 1 aromatic heterocycles. The summed E-state index contributed by atoms with van der Waals surface area (Å²) in [5, 5.41) is 9.04. The Balaban J connectivity index is 2.35. The molecule has 0 radical (unpaired) electrons. The Kier molecular flexibility index (Phi) is 3.20. The van der Waals surface area contributed by atoms with E-state index in [0.717, 1.165) is 26.8 Å². The minimum atomic E-state index is 0.617. The van der Waals surface area contributed by atoms with Gasteiger partial charge in [0.1, 0.15) is 0 Å². The number of nitrogens with zero attached hydrogens (tertiary/aromatic N) is 2. The summed E-state index contributed by atoms with van der Waals surface area (Å²) in [5.41, 5.74) is 4.58. The average molecular weight is 344 g/mol. The fourth-order valence-electron chi connectivity index (χ4n) is 2.15. The average Bonchev–Trinajstić information content (AvgIpc) is 2.77. The maximum Gasteiger partial charge on any atom is 0.182 e. The van der Waals surface area contributed by atoms with Crippen LogP contribution < -0.4 is 0 Å². The van der Waals surface area contributed by atoms with Gasteiger partial charge in [-0.15, -0.1) is 0 Å². The molecule has 1 heterocycles. The zero-order chi connectivity index (χ0) is 14.3. The summed E-state index contributed by atoms with van der Waals surface area (Å²) in [6, 6.07) is 13.7. The maximum atomic E-state index is 9.04. The number of nitrogens with one attached hydrogen (secondary N) is 1. The van der Waals surface area contributed by atoms with Gasteiger partial charge in [-0.3, -0.25) is 4.57 Å². The van der Waals surface area contributed by atoms with Crippen molar-refractivity contribution in [3.63, 3.8) is 0 Å². The molecule has 0 unspecified atom stereocenters. The Morgan fingerprint density at radius 3 is 2.75 bits per heavy atom. The van der Waals surface area contributed by atoms with Gasteiger partial charge in [0.25, 0.3) is 0 Å². The molecule has 0 aliphatic heterocycles.